The van der Waals surface area contributed by atoms with Gasteiger partial charge < -0.3 is 24.3 Å². The molecule has 1 aliphatic carbocycles. The predicted octanol–water partition coefficient (Wildman–Crippen LogP) is 0.984. The molecule has 6 heteroatoms. The molecule has 2 heterocycles. The summed E-state index contributed by atoms with van der Waals surface area (Å²) in [5.41, 5.74) is 0. The largest absolute Gasteiger partial charge is 0.381 e. The van der Waals surface area contributed by atoms with E-state index in [1.165, 1.54) is 0 Å². The van der Waals surface area contributed by atoms with Crippen LogP contribution >= 0.6 is 0 Å². The molecule has 2 aliphatic heterocycles. The highest BCUT2D eigenvalue weighted by Gasteiger charge is 2.40. The Hall–Kier alpha value is -0.690. The monoisotopic (exact) mass is 299 g/mol. The minimum absolute atomic E-state index is 0.0180. The summed E-state index contributed by atoms with van der Waals surface area (Å²) in [6.07, 6.45) is 5.44. The quantitative estimate of drug-likeness (QED) is 0.838. The van der Waals surface area contributed by atoms with E-state index < -0.39 is 0 Å². The second kappa shape index (κ2) is 7.05. The summed E-state index contributed by atoms with van der Waals surface area (Å²) in [4.78, 5) is 11.9. The van der Waals surface area contributed by atoms with E-state index in [4.69, 9.17) is 18.9 Å². The summed E-state index contributed by atoms with van der Waals surface area (Å²) < 4.78 is 22.4. The van der Waals surface area contributed by atoms with Gasteiger partial charge in [-0.2, -0.15) is 0 Å². The third-order valence-corrected chi connectivity index (χ3v) is 4.54. The number of carbonyl (C=O) groups excluding carboxylic acids is 1. The fourth-order valence-electron chi connectivity index (χ4n) is 3.29. The van der Waals surface area contributed by atoms with Gasteiger partial charge in [0, 0.05) is 32.1 Å². The molecule has 2 saturated heterocycles. The topological polar surface area (TPSA) is 66.0 Å². The van der Waals surface area contributed by atoms with Crippen LogP contribution in [-0.4, -0.2) is 56.9 Å². The average molecular weight is 299 g/mol. The molecular formula is C15H25NO5. The summed E-state index contributed by atoms with van der Waals surface area (Å²) in [7, 11) is 0. The van der Waals surface area contributed by atoms with Gasteiger partial charge in [-0.3, -0.25) is 4.79 Å². The zero-order chi connectivity index (χ0) is 14.5. The number of hydrogen-bond donors (Lipinski definition) is 1. The number of carbonyl (C=O) groups is 1. The molecule has 3 rings (SSSR count). The summed E-state index contributed by atoms with van der Waals surface area (Å²) in [5.74, 6) is -0.375. The number of amides is 1. The van der Waals surface area contributed by atoms with Crippen molar-refractivity contribution in [3.63, 3.8) is 0 Å². The smallest absolute Gasteiger partial charge is 0.246 e. The van der Waals surface area contributed by atoms with Gasteiger partial charge >= 0.3 is 0 Å². The maximum Gasteiger partial charge on any atom is 0.246 e. The summed E-state index contributed by atoms with van der Waals surface area (Å²) in [6.45, 7) is 3.00. The molecule has 1 saturated carbocycles. The van der Waals surface area contributed by atoms with Crippen molar-refractivity contribution in [2.24, 2.45) is 0 Å². The van der Waals surface area contributed by atoms with Crippen LogP contribution in [0.5, 0.6) is 0 Å². The van der Waals surface area contributed by atoms with Crippen LogP contribution in [-0.2, 0) is 23.7 Å². The third kappa shape index (κ3) is 4.16. The normalized spacial score (nSPS) is 27.0. The van der Waals surface area contributed by atoms with Gasteiger partial charge in [0.05, 0.1) is 19.3 Å². The first-order chi connectivity index (χ1) is 10.3. The van der Waals surface area contributed by atoms with E-state index in [2.05, 4.69) is 5.32 Å². The van der Waals surface area contributed by atoms with E-state index in [0.717, 1.165) is 51.7 Å². The highest BCUT2D eigenvalue weighted by molar-refractivity contribution is 5.77. The van der Waals surface area contributed by atoms with Crippen LogP contribution in [0.1, 0.15) is 38.5 Å². The second-order valence-electron chi connectivity index (χ2n) is 6.07. The molecule has 1 spiro atoms. The second-order valence-corrected chi connectivity index (χ2v) is 6.07. The highest BCUT2D eigenvalue weighted by atomic mass is 16.7. The molecule has 1 amide bonds. The number of hydrogen-bond acceptors (Lipinski definition) is 5. The summed E-state index contributed by atoms with van der Waals surface area (Å²) in [5, 5.41) is 3.01. The zero-order valence-corrected chi connectivity index (χ0v) is 12.5. The van der Waals surface area contributed by atoms with Gasteiger partial charge in [-0.15, -0.1) is 0 Å². The molecule has 3 fully saturated rings. The molecular weight excluding hydrogens is 274 g/mol. The van der Waals surface area contributed by atoms with E-state index in [1.807, 2.05) is 0 Å². The van der Waals surface area contributed by atoms with Gasteiger partial charge in [-0.05, 0) is 25.7 Å². The van der Waals surface area contributed by atoms with Crippen LogP contribution in [0.4, 0.5) is 0 Å². The Kier molecular flexibility index (Phi) is 5.11. The molecule has 0 radical (unpaired) electrons. The first-order valence-electron chi connectivity index (χ1n) is 8.02. The Balaban J connectivity index is 1.33. The summed E-state index contributed by atoms with van der Waals surface area (Å²) in [6, 6.07) is 0.241. The van der Waals surface area contributed by atoms with Gasteiger partial charge in [-0.1, -0.05) is 0 Å². The van der Waals surface area contributed by atoms with Crippen molar-refractivity contribution in [3.05, 3.63) is 0 Å². The Morgan fingerprint density at radius 1 is 1.05 bits per heavy atom. The Morgan fingerprint density at radius 2 is 1.71 bits per heavy atom. The predicted molar refractivity (Wildman–Crippen MR) is 74.8 cm³/mol. The van der Waals surface area contributed by atoms with Gasteiger partial charge in [0.1, 0.15) is 6.61 Å². The first kappa shape index (κ1) is 15.2. The van der Waals surface area contributed by atoms with Crippen LogP contribution in [0, 0.1) is 0 Å². The fraction of sp³-hybridized carbons (Fsp3) is 0.933. The van der Waals surface area contributed by atoms with Crippen molar-refractivity contribution in [2.45, 2.75) is 56.5 Å². The molecule has 120 valence electrons. The lowest BCUT2D eigenvalue weighted by atomic mass is 9.92. The minimum atomic E-state index is -0.357. The van der Waals surface area contributed by atoms with Gasteiger partial charge in [0.25, 0.3) is 0 Å². The SMILES string of the molecule is O=C(COC1CCC2(CC1)OCCO2)NC1CCOCC1. The lowest BCUT2D eigenvalue weighted by Gasteiger charge is -2.35. The highest BCUT2D eigenvalue weighted by Crippen LogP contribution is 2.36. The van der Waals surface area contributed by atoms with E-state index in [-0.39, 0.29) is 30.4 Å². The van der Waals surface area contributed by atoms with E-state index in [9.17, 15) is 4.79 Å². The van der Waals surface area contributed by atoms with Gasteiger partial charge in [0.2, 0.25) is 5.91 Å². The van der Waals surface area contributed by atoms with E-state index in [0.29, 0.717) is 13.2 Å². The van der Waals surface area contributed by atoms with E-state index >= 15 is 0 Å². The average Bonchev–Trinajstić information content (AvgIpc) is 2.96. The van der Waals surface area contributed by atoms with Crippen molar-refractivity contribution in [2.75, 3.05) is 33.0 Å². The molecule has 1 N–H and O–H groups in total. The van der Waals surface area contributed by atoms with Crippen molar-refractivity contribution in [3.8, 4) is 0 Å². The van der Waals surface area contributed by atoms with Crippen molar-refractivity contribution in [1.29, 1.82) is 0 Å². The Bertz CT molecular complexity index is 340. The van der Waals surface area contributed by atoms with Crippen molar-refractivity contribution >= 4 is 5.91 Å². The van der Waals surface area contributed by atoms with Crippen LogP contribution in [0.2, 0.25) is 0 Å². The maximum absolute atomic E-state index is 11.9. The van der Waals surface area contributed by atoms with Crippen LogP contribution in [0.3, 0.4) is 0 Å². The lowest BCUT2D eigenvalue weighted by molar-refractivity contribution is -0.191. The van der Waals surface area contributed by atoms with E-state index in [1.54, 1.807) is 0 Å². The summed E-state index contributed by atoms with van der Waals surface area (Å²) >= 11 is 0. The van der Waals surface area contributed by atoms with Gasteiger partial charge in [0.15, 0.2) is 5.79 Å². The molecule has 0 aromatic carbocycles. The Morgan fingerprint density at radius 3 is 2.38 bits per heavy atom. The van der Waals surface area contributed by atoms with Gasteiger partial charge in [-0.25, -0.2) is 0 Å². The minimum Gasteiger partial charge on any atom is -0.381 e. The number of rotatable bonds is 4. The molecule has 21 heavy (non-hydrogen) atoms. The van der Waals surface area contributed by atoms with Crippen molar-refractivity contribution in [1.82, 2.24) is 5.32 Å². The molecule has 0 unspecified atom stereocenters. The molecule has 0 aromatic heterocycles. The number of ether oxygens (including phenoxy) is 4. The molecule has 6 nitrogen and oxygen atoms in total. The molecule has 0 bridgehead atoms. The van der Waals surface area contributed by atoms with Crippen LogP contribution < -0.4 is 5.32 Å². The molecule has 0 aromatic rings. The third-order valence-electron chi connectivity index (χ3n) is 4.54. The Labute approximate surface area is 125 Å². The number of nitrogens with one attached hydrogen (secondary N) is 1. The molecule has 0 atom stereocenters. The van der Waals surface area contributed by atoms with Crippen LogP contribution in [0.15, 0.2) is 0 Å². The lowest BCUT2D eigenvalue weighted by Crippen LogP contribution is -2.42. The standard InChI is InChI=1S/C15H25NO5/c17-14(16-12-3-7-18-8-4-12)11-19-13-1-5-15(6-2-13)20-9-10-21-15/h12-13H,1-11H2,(H,16,17). The van der Waals surface area contributed by atoms with Crippen molar-refractivity contribution < 1.29 is 23.7 Å². The maximum atomic E-state index is 11.9. The van der Waals surface area contributed by atoms with Crippen LogP contribution in [0.25, 0.3) is 0 Å². The first-order valence-corrected chi connectivity index (χ1v) is 8.02. The fourth-order valence-corrected chi connectivity index (χ4v) is 3.29. The zero-order valence-electron chi connectivity index (χ0n) is 12.5. The molecule has 3 aliphatic rings.